The molecule has 1 aliphatic heterocycles. The van der Waals surface area contributed by atoms with Crippen molar-refractivity contribution in [3.8, 4) is 0 Å². The van der Waals surface area contributed by atoms with E-state index in [1.165, 1.54) is 12.5 Å². The first-order valence-corrected chi connectivity index (χ1v) is 18.3. The van der Waals surface area contributed by atoms with E-state index in [1.807, 2.05) is 0 Å². The summed E-state index contributed by atoms with van der Waals surface area (Å²) in [4.78, 5) is 25.0. The van der Waals surface area contributed by atoms with E-state index in [-0.39, 0.29) is 45.0 Å². The standard InChI is InChI=1S/C38H61NO8/c1-21(41)39-28-30(43)29(42)24(20-40)46-31(28)47-27-12-13-35(6)25(34(27,4)5)11-14-37(8)26(35)10-9-22-23-19-33(2,3)15-17-38(23,32(44)45)18-16-36(22,37)7/h9,23-31,40,42-43H,10-20H2,1-8H3,(H,39,41)(H,44,45)/t23?,24-,25?,26?,27+,28-,29-,30-,31+,35+,36-,37-,38+/m0/s1. The number of carbonyl (C=O) groups is 2. The highest BCUT2D eigenvalue weighted by Gasteiger charge is 2.69. The molecule has 9 nitrogen and oxygen atoms in total. The number of aliphatic carboxylic acids is 1. The molecule has 266 valence electrons. The van der Waals surface area contributed by atoms with Crippen molar-refractivity contribution in [3.05, 3.63) is 11.6 Å². The normalized spacial score (nSPS) is 50.1. The summed E-state index contributed by atoms with van der Waals surface area (Å²) < 4.78 is 12.7. The summed E-state index contributed by atoms with van der Waals surface area (Å²) in [5.41, 5.74) is 0.733. The minimum Gasteiger partial charge on any atom is -0.481 e. The number of rotatable bonds is 5. The Labute approximate surface area is 281 Å². The Balaban J connectivity index is 1.29. The lowest BCUT2D eigenvalue weighted by atomic mass is 9.33. The smallest absolute Gasteiger partial charge is 0.310 e. The summed E-state index contributed by atoms with van der Waals surface area (Å²) in [7, 11) is 0. The van der Waals surface area contributed by atoms with Crippen molar-refractivity contribution in [2.75, 3.05) is 6.61 Å². The van der Waals surface area contributed by atoms with Crippen LogP contribution in [0.1, 0.15) is 120 Å². The molecular formula is C38H61NO8. The zero-order valence-electron chi connectivity index (χ0n) is 30.0. The number of fused-ring (bicyclic) bond motifs is 7. The highest BCUT2D eigenvalue weighted by atomic mass is 16.7. The van der Waals surface area contributed by atoms with Crippen LogP contribution in [0.5, 0.6) is 0 Å². The largest absolute Gasteiger partial charge is 0.481 e. The van der Waals surface area contributed by atoms with Crippen LogP contribution in [0, 0.1) is 50.2 Å². The zero-order valence-corrected chi connectivity index (χ0v) is 30.0. The van der Waals surface area contributed by atoms with Gasteiger partial charge in [0, 0.05) is 6.92 Å². The third-order valence-electron chi connectivity index (χ3n) is 15.6. The van der Waals surface area contributed by atoms with Crippen molar-refractivity contribution in [2.45, 2.75) is 156 Å². The number of hydrogen-bond donors (Lipinski definition) is 5. The second-order valence-corrected chi connectivity index (χ2v) is 18.6. The van der Waals surface area contributed by atoms with Crippen LogP contribution >= 0.6 is 0 Å². The van der Waals surface area contributed by atoms with Gasteiger partial charge in [0.25, 0.3) is 0 Å². The monoisotopic (exact) mass is 659 g/mol. The molecule has 3 unspecified atom stereocenters. The predicted octanol–water partition coefficient (Wildman–Crippen LogP) is 5.20. The molecule has 1 amide bonds. The van der Waals surface area contributed by atoms with Crippen molar-refractivity contribution in [2.24, 2.45) is 50.2 Å². The fourth-order valence-electron chi connectivity index (χ4n) is 12.6. The van der Waals surface area contributed by atoms with E-state index in [0.717, 1.165) is 64.2 Å². The van der Waals surface area contributed by atoms with Crippen molar-refractivity contribution < 1.29 is 39.5 Å². The molecule has 9 heteroatoms. The van der Waals surface area contributed by atoms with Crippen molar-refractivity contribution >= 4 is 11.9 Å². The lowest BCUT2D eigenvalue weighted by molar-refractivity contribution is -0.306. The molecule has 4 saturated carbocycles. The van der Waals surface area contributed by atoms with Gasteiger partial charge in [-0.2, -0.15) is 0 Å². The molecule has 0 spiro atoms. The molecule has 13 atom stereocenters. The first-order chi connectivity index (χ1) is 21.8. The van der Waals surface area contributed by atoms with Gasteiger partial charge in [-0.3, -0.25) is 9.59 Å². The van der Waals surface area contributed by atoms with Crippen LogP contribution in [-0.4, -0.2) is 75.7 Å². The van der Waals surface area contributed by atoms with Crippen molar-refractivity contribution in [1.82, 2.24) is 5.32 Å². The van der Waals surface area contributed by atoms with Crippen LogP contribution in [-0.2, 0) is 19.1 Å². The Kier molecular flexibility index (Phi) is 8.65. The van der Waals surface area contributed by atoms with Crippen LogP contribution < -0.4 is 5.32 Å². The predicted molar refractivity (Wildman–Crippen MR) is 177 cm³/mol. The van der Waals surface area contributed by atoms with E-state index < -0.39 is 48.6 Å². The molecule has 0 aromatic heterocycles. The lowest BCUT2D eigenvalue weighted by Gasteiger charge is -2.71. The molecule has 5 aliphatic carbocycles. The van der Waals surface area contributed by atoms with Gasteiger partial charge in [0.2, 0.25) is 5.91 Å². The summed E-state index contributed by atoms with van der Waals surface area (Å²) in [6.45, 7) is 17.6. The number of aliphatic hydroxyl groups excluding tert-OH is 3. The molecule has 0 bridgehead atoms. The molecule has 0 aromatic carbocycles. The zero-order chi connectivity index (χ0) is 34.5. The van der Waals surface area contributed by atoms with Gasteiger partial charge < -0.3 is 35.2 Å². The van der Waals surface area contributed by atoms with Gasteiger partial charge in [-0.1, -0.05) is 60.1 Å². The maximum Gasteiger partial charge on any atom is 0.310 e. The number of aliphatic hydroxyl groups is 3. The van der Waals surface area contributed by atoms with E-state index in [2.05, 4.69) is 59.9 Å². The number of nitrogens with one attached hydrogen (secondary N) is 1. The van der Waals surface area contributed by atoms with Crippen LogP contribution in [0.3, 0.4) is 0 Å². The van der Waals surface area contributed by atoms with Crippen LogP contribution in [0.25, 0.3) is 0 Å². The molecule has 1 heterocycles. The van der Waals surface area contributed by atoms with E-state index in [4.69, 9.17) is 9.47 Å². The summed E-state index contributed by atoms with van der Waals surface area (Å²) in [5, 5.41) is 44.7. The molecule has 6 aliphatic rings. The minimum atomic E-state index is -1.35. The number of hydrogen-bond acceptors (Lipinski definition) is 7. The van der Waals surface area contributed by atoms with Crippen LogP contribution in [0.15, 0.2) is 11.6 Å². The summed E-state index contributed by atoms with van der Waals surface area (Å²) >= 11 is 0. The number of ether oxygens (including phenoxy) is 2. The van der Waals surface area contributed by atoms with Crippen molar-refractivity contribution in [3.63, 3.8) is 0 Å². The van der Waals surface area contributed by atoms with Gasteiger partial charge in [-0.05, 0) is 109 Å². The van der Waals surface area contributed by atoms with Crippen LogP contribution in [0.4, 0.5) is 0 Å². The fourth-order valence-corrected chi connectivity index (χ4v) is 12.6. The van der Waals surface area contributed by atoms with Gasteiger partial charge in [-0.25, -0.2) is 0 Å². The molecule has 5 N–H and O–H groups in total. The molecule has 0 radical (unpaired) electrons. The van der Waals surface area contributed by atoms with Gasteiger partial charge in [0.05, 0.1) is 18.1 Å². The number of carboxylic acids is 1. The Bertz CT molecular complexity index is 1300. The SMILES string of the molecule is CC(=O)N[C@@H]1[C@@H](O[C@@H]2CC[C@]3(C)C(CC[C@@]4(C)C3CC=C3C5CC(C)(C)CC[C@@]5(C(=O)O)CC[C@@]34C)C2(C)C)O[C@@H](CO)[C@H](O)[C@H]1O. The maximum atomic E-state index is 13.0. The van der Waals surface area contributed by atoms with E-state index in [0.29, 0.717) is 11.8 Å². The molecule has 47 heavy (non-hydrogen) atoms. The first kappa shape index (κ1) is 35.3. The Morgan fingerprint density at radius 2 is 1.62 bits per heavy atom. The molecule has 1 saturated heterocycles. The van der Waals surface area contributed by atoms with E-state index in [9.17, 15) is 30.0 Å². The number of allylic oxidation sites excluding steroid dienone is 2. The second-order valence-electron chi connectivity index (χ2n) is 18.6. The average Bonchev–Trinajstić information content (AvgIpc) is 2.97. The average molecular weight is 660 g/mol. The Morgan fingerprint density at radius 3 is 2.26 bits per heavy atom. The van der Waals surface area contributed by atoms with Gasteiger partial charge in [0.1, 0.15) is 24.4 Å². The van der Waals surface area contributed by atoms with Gasteiger partial charge in [0.15, 0.2) is 6.29 Å². The first-order valence-electron chi connectivity index (χ1n) is 18.3. The summed E-state index contributed by atoms with van der Waals surface area (Å²) in [6, 6.07) is -0.958. The second kappa shape index (κ2) is 11.5. The van der Waals surface area contributed by atoms with E-state index in [1.54, 1.807) is 0 Å². The summed E-state index contributed by atoms with van der Waals surface area (Å²) in [5.74, 6) is -0.0617. The van der Waals surface area contributed by atoms with Crippen molar-refractivity contribution in [1.29, 1.82) is 0 Å². The highest BCUT2D eigenvalue weighted by Crippen LogP contribution is 2.76. The van der Waals surface area contributed by atoms with Gasteiger partial charge >= 0.3 is 5.97 Å². The number of carbonyl (C=O) groups excluding carboxylic acids is 1. The topological polar surface area (TPSA) is 146 Å². The third kappa shape index (κ3) is 5.10. The quantitative estimate of drug-likeness (QED) is 0.200. The fraction of sp³-hybridized carbons (Fsp3) is 0.895. The number of amides is 1. The molecular weight excluding hydrogens is 598 g/mol. The maximum absolute atomic E-state index is 13.0. The number of carboxylic acid groups (broad SMARTS) is 1. The molecule has 5 fully saturated rings. The van der Waals surface area contributed by atoms with Gasteiger partial charge in [-0.15, -0.1) is 0 Å². The Morgan fingerprint density at radius 1 is 0.936 bits per heavy atom. The third-order valence-corrected chi connectivity index (χ3v) is 15.6. The Hall–Kier alpha value is -1.52. The molecule has 0 aromatic rings. The van der Waals surface area contributed by atoms with Crippen LogP contribution in [0.2, 0.25) is 0 Å². The highest BCUT2D eigenvalue weighted by molar-refractivity contribution is 5.76. The lowest BCUT2D eigenvalue weighted by Crippen LogP contribution is -2.67. The van der Waals surface area contributed by atoms with E-state index >= 15 is 0 Å². The summed E-state index contributed by atoms with van der Waals surface area (Å²) in [6.07, 6.45) is 6.79. The minimum absolute atomic E-state index is 0.0440. The molecule has 6 rings (SSSR count).